The fourth-order valence-electron chi connectivity index (χ4n) is 5.90. The zero-order chi connectivity index (χ0) is 34.3. The van der Waals surface area contributed by atoms with E-state index in [9.17, 15) is 22.8 Å². The van der Waals surface area contributed by atoms with Gasteiger partial charge in [0.15, 0.2) is 0 Å². The Hall–Kier alpha value is -4.03. The summed E-state index contributed by atoms with van der Waals surface area (Å²) in [5.74, 6) is -0.542. The molecule has 48 heavy (non-hydrogen) atoms. The number of hydrogen-bond acceptors (Lipinski definition) is 4. The Balaban J connectivity index is 1.50. The molecule has 1 fully saturated rings. The molecule has 1 aliphatic rings. The molecule has 2 heterocycles. The first kappa shape index (κ1) is 35.3. The third kappa shape index (κ3) is 8.90. The van der Waals surface area contributed by atoms with Crippen LogP contribution in [0, 0.1) is 0 Å². The lowest BCUT2D eigenvalue weighted by Crippen LogP contribution is -2.54. The molecule has 10 heteroatoms. The number of likely N-dealkylation sites (tertiary alicyclic amines) is 1. The standard InChI is InChI=1S/C38H38F3IN4O2/c1-44(2)32-21-24-45(25-22-32)37(48)36(35(42)30-8-4-3-5-9-30)46(26-28-11-16-29(17-12-28)33-10-6-7-23-43-33)34(47)20-15-27-13-18-31(19-14-27)38(39,40)41/h3-20,23,32,35-36H,21-22,24-26H2,1-2H3. The van der Waals surface area contributed by atoms with Crippen molar-refractivity contribution in [2.45, 2.75) is 41.6 Å². The molecule has 0 N–H and O–H groups in total. The maximum absolute atomic E-state index is 14.5. The molecule has 1 aromatic heterocycles. The Morgan fingerprint density at radius 2 is 1.56 bits per heavy atom. The fraction of sp³-hybridized carbons (Fsp3) is 0.289. The van der Waals surface area contributed by atoms with Gasteiger partial charge < -0.3 is 14.7 Å². The smallest absolute Gasteiger partial charge is 0.341 e. The van der Waals surface area contributed by atoms with Crippen molar-refractivity contribution in [3.63, 3.8) is 0 Å². The van der Waals surface area contributed by atoms with Crippen LogP contribution in [0.25, 0.3) is 17.3 Å². The molecule has 6 nitrogen and oxygen atoms in total. The summed E-state index contributed by atoms with van der Waals surface area (Å²) in [7, 11) is 4.09. The topological polar surface area (TPSA) is 56.8 Å². The van der Waals surface area contributed by atoms with E-state index < -0.39 is 23.7 Å². The van der Waals surface area contributed by atoms with Gasteiger partial charge in [0.25, 0.3) is 0 Å². The van der Waals surface area contributed by atoms with Gasteiger partial charge in [-0.15, -0.1) is 0 Å². The highest BCUT2D eigenvalue weighted by atomic mass is 127. The molecule has 2 amide bonds. The van der Waals surface area contributed by atoms with Crippen molar-refractivity contribution in [3.05, 3.63) is 132 Å². The zero-order valence-electron chi connectivity index (χ0n) is 26.9. The second-order valence-electron chi connectivity index (χ2n) is 12.1. The van der Waals surface area contributed by atoms with E-state index >= 15 is 0 Å². The van der Waals surface area contributed by atoms with Crippen LogP contribution in [0.4, 0.5) is 13.2 Å². The number of benzene rings is 3. The third-order valence-corrected chi connectivity index (χ3v) is 10.1. The van der Waals surface area contributed by atoms with Gasteiger partial charge in [0.2, 0.25) is 11.8 Å². The van der Waals surface area contributed by atoms with Gasteiger partial charge in [-0.1, -0.05) is 95.4 Å². The second kappa shape index (κ2) is 15.9. The first-order valence-corrected chi connectivity index (χ1v) is 17.1. The molecular formula is C38H38F3IN4O2. The van der Waals surface area contributed by atoms with Crippen molar-refractivity contribution in [2.24, 2.45) is 0 Å². The second-order valence-corrected chi connectivity index (χ2v) is 13.5. The van der Waals surface area contributed by atoms with Gasteiger partial charge in [-0.2, -0.15) is 13.2 Å². The van der Waals surface area contributed by atoms with E-state index in [1.54, 1.807) is 11.1 Å². The van der Waals surface area contributed by atoms with E-state index in [-0.39, 0.29) is 16.4 Å². The summed E-state index contributed by atoms with van der Waals surface area (Å²) < 4.78 is 39.0. The lowest BCUT2D eigenvalue weighted by molar-refractivity contribution is -0.145. The molecule has 5 rings (SSSR count). The largest absolute Gasteiger partial charge is 0.416 e. The Morgan fingerprint density at radius 1 is 0.917 bits per heavy atom. The molecule has 1 aliphatic heterocycles. The van der Waals surface area contributed by atoms with Gasteiger partial charge in [-0.05, 0) is 74.0 Å². The molecule has 3 aromatic carbocycles. The Kier molecular flexibility index (Phi) is 11.7. The first-order valence-electron chi connectivity index (χ1n) is 15.8. The summed E-state index contributed by atoms with van der Waals surface area (Å²) in [5.41, 5.74) is 3.16. The molecule has 0 radical (unpaired) electrons. The van der Waals surface area contributed by atoms with Crippen LogP contribution in [-0.2, 0) is 22.3 Å². The van der Waals surface area contributed by atoms with Crippen molar-refractivity contribution < 1.29 is 22.8 Å². The number of pyridine rings is 1. The summed E-state index contributed by atoms with van der Waals surface area (Å²) in [6.45, 7) is 1.31. The molecule has 0 saturated carbocycles. The highest BCUT2D eigenvalue weighted by Gasteiger charge is 2.39. The van der Waals surface area contributed by atoms with Crippen molar-refractivity contribution >= 4 is 40.5 Å². The molecule has 1 saturated heterocycles. The molecule has 2 atom stereocenters. The number of hydrogen-bond donors (Lipinski definition) is 0. The summed E-state index contributed by atoms with van der Waals surface area (Å²) in [6, 6.07) is 27.3. The minimum Gasteiger partial charge on any atom is -0.341 e. The minimum absolute atomic E-state index is 0.128. The van der Waals surface area contributed by atoms with Crippen LogP contribution in [0.3, 0.4) is 0 Å². The summed E-state index contributed by atoms with van der Waals surface area (Å²) in [6.07, 6.45) is 1.78. The van der Waals surface area contributed by atoms with Crippen LogP contribution in [0.2, 0.25) is 0 Å². The zero-order valence-corrected chi connectivity index (χ0v) is 29.0. The number of piperidine rings is 1. The van der Waals surface area contributed by atoms with Crippen molar-refractivity contribution in [3.8, 4) is 11.3 Å². The van der Waals surface area contributed by atoms with Gasteiger partial charge in [0, 0.05) is 43.5 Å². The number of amides is 2. The monoisotopic (exact) mass is 766 g/mol. The van der Waals surface area contributed by atoms with Crippen LogP contribution in [-0.4, -0.2) is 70.8 Å². The van der Waals surface area contributed by atoms with Crippen LogP contribution < -0.4 is 0 Å². The third-order valence-electron chi connectivity index (χ3n) is 8.70. The predicted octanol–water partition coefficient (Wildman–Crippen LogP) is 7.91. The summed E-state index contributed by atoms with van der Waals surface area (Å²) >= 11 is 2.26. The van der Waals surface area contributed by atoms with Gasteiger partial charge in [-0.25, -0.2) is 0 Å². The number of carbonyl (C=O) groups is 2. The molecular weight excluding hydrogens is 728 g/mol. The molecule has 0 bridgehead atoms. The number of carbonyl (C=O) groups excluding carboxylic acids is 2. The van der Waals surface area contributed by atoms with Gasteiger partial charge >= 0.3 is 6.18 Å². The number of aromatic nitrogens is 1. The molecule has 250 valence electrons. The molecule has 0 aliphatic carbocycles. The normalized spacial score (nSPS) is 15.4. The Labute approximate surface area is 293 Å². The number of nitrogens with zero attached hydrogens (tertiary/aromatic N) is 4. The highest BCUT2D eigenvalue weighted by molar-refractivity contribution is 14.1. The molecule has 2 unspecified atom stereocenters. The van der Waals surface area contributed by atoms with Gasteiger partial charge in [-0.3, -0.25) is 14.6 Å². The first-order chi connectivity index (χ1) is 23.0. The minimum atomic E-state index is -4.46. The van der Waals surface area contributed by atoms with Crippen LogP contribution in [0.5, 0.6) is 0 Å². The lowest BCUT2D eigenvalue weighted by atomic mass is 9.98. The average molecular weight is 767 g/mol. The van der Waals surface area contributed by atoms with E-state index in [4.69, 9.17) is 0 Å². The van der Waals surface area contributed by atoms with Crippen LogP contribution >= 0.6 is 22.6 Å². The van der Waals surface area contributed by atoms with E-state index in [0.29, 0.717) is 24.7 Å². The SMILES string of the molecule is CN(C)C1CCN(C(=O)C(C(I)c2ccccc2)N(Cc2ccc(-c3ccccn3)cc2)C(=O)C=Cc2ccc(C(F)(F)F)cc2)CC1. The number of halogens is 4. The van der Waals surface area contributed by atoms with E-state index in [1.165, 1.54) is 24.3 Å². The van der Waals surface area contributed by atoms with E-state index in [2.05, 4.69) is 32.5 Å². The number of rotatable bonds is 10. The fourth-order valence-corrected chi connectivity index (χ4v) is 7.01. The predicted molar refractivity (Wildman–Crippen MR) is 191 cm³/mol. The van der Waals surface area contributed by atoms with Crippen molar-refractivity contribution in [1.29, 1.82) is 0 Å². The Bertz CT molecular complexity index is 1670. The molecule has 4 aromatic rings. The summed E-state index contributed by atoms with van der Waals surface area (Å²) in [5, 5.41) is 0. The number of alkyl halides is 4. The quantitative estimate of drug-likeness (QED) is 0.0937. The van der Waals surface area contributed by atoms with Crippen LogP contribution in [0.15, 0.2) is 109 Å². The highest BCUT2D eigenvalue weighted by Crippen LogP contribution is 2.34. The van der Waals surface area contributed by atoms with Gasteiger partial charge in [0.05, 0.1) is 15.2 Å². The maximum atomic E-state index is 14.5. The van der Waals surface area contributed by atoms with E-state index in [0.717, 1.165) is 47.4 Å². The van der Waals surface area contributed by atoms with Gasteiger partial charge in [0.1, 0.15) is 6.04 Å². The summed E-state index contributed by atoms with van der Waals surface area (Å²) in [4.78, 5) is 38.8. The van der Waals surface area contributed by atoms with Crippen molar-refractivity contribution in [1.82, 2.24) is 19.7 Å². The van der Waals surface area contributed by atoms with Crippen LogP contribution in [0.1, 0.15) is 39.0 Å². The van der Waals surface area contributed by atoms with E-state index in [1.807, 2.05) is 91.8 Å². The maximum Gasteiger partial charge on any atom is 0.416 e. The average Bonchev–Trinajstić information content (AvgIpc) is 3.11. The molecule has 0 spiro atoms. The lowest BCUT2D eigenvalue weighted by Gasteiger charge is -2.40. The van der Waals surface area contributed by atoms with Crippen molar-refractivity contribution in [2.75, 3.05) is 27.2 Å². The Morgan fingerprint density at radius 3 is 2.15 bits per heavy atom.